The van der Waals surface area contributed by atoms with Gasteiger partial charge in [-0.05, 0) is 37.8 Å². The van der Waals surface area contributed by atoms with Crippen LogP contribution in [0.3, 0.4) is 0 Å². The Morgan fingerprint density at radius 2 is 2.04 bits per heavy atom. The van der Waals surface area contributed by atoms with Crippen LogP contribution >= 0.6 is 0 Å². The first-order valence-corrected chi connectivity index (χ1v) is 8.34. The molecule has 0 aromatic heterocycles. The van der Waals surface area contributed by atoms with Crippen LogP contribution in [-0.2, 0) is 4.79 Å². The van der Waals surface area contributed by atoms with Gasteiger partial charge in [0.25, 0.3) is 0 Å². The fourth-order valence-corrected chi connectivity index (χ4v) is 3.39. The van der Waals surface area contributed by atoms with Crippen molar-refractivity contribution < 1.29 is 9.53 Å². The van der Waals surface area contributed by atoms with Gasteiger partial charge in [-0.15, -0.1) is 0 Å². The highest BCUT2D eigenvalue weighted by Crippen LogP contribution is 2.27. The van der Waals surface area contributed by atoms with Crippen molar-refractivity contribution in [2.75, 3.05) is 20.2 Å². The molecule has 3 rings (SSSR count). The van der Waals surface area contributed by atoms with Gasteiger partial charge >= 0.3 is 0 Å². The third kappa shape index (κ3) is 3.83. The van der Waals surface area contributed by atoms with Crippen LogP contribution < -0.4 is 21.1 Å². The van der Waals surface area contributed by atoms with E-state index in [0.717, 1.165) is 30.6 Å². The van der Waals surface area contributed by atoms with Crippen LogP contribution in [0.25, 0.3) is 0 Å². The number of aryl methyl sites for hydroxylation is 1. The van der Waals surface area contributed by atoms with E-state index in [1.165, 1.54) is 0 Å². The molecule has 23 heavy (non-hydrogen) atoms. The van der Waals surface area contributed by atoms with E-state index in [1.807, 2.05) is 38.2 Å². The van der Waals surface area contributed by atoms with Gasteiger partial charge in [-0.25, -0.2) is 10.9 Å². The number of hydrazine groups is 2. The zero-order chi connectivity index (χ0) is 16.2. The topological polar surface area (TPSA) is 65.6 Å². The quantitative estimate of drug-likeness (QED) is 0.755. The number of likely N-dealkylation sites (N-methyl/N-ethyl adjacent to an activating group) is 1. The van der Waals surface area contributed by atoms with Gasteiger partial charge in [0, 0.05) is 25.0 Å². The molecule has 126 valence electrons. The average molecular weight is 318 g/mol. The summed E-state index contributed by atoms with van der Waals surface area (Å²) in [5, 5.41) is 0. The van der Waals surface area contributed by atoms with Gasteiger partial charge in [0.1, 0.15) is 12.4 Å². The van der Waals surface area contributed by atoms with Gasteiger partial charge in [-0.3, -0.25) is 4.79 Å². The summed E-state index contributed by atoms with van der Waals surface area (Å²) in [5.41, 5.74) is 10.5. The number of fused-ring (bicyclic) bond motifs is 1. The maximum atomic E-state index is 12.6. The molecule has 1 saturated carbocycles. The highest BCUT2D eigenvalue weighted by atomic mass is 16.5. The summed E-state index contributed by atoms with van der Waals surface area (Å²) in [4.78, 5) is 14.4. The van der Waals surface area contributed by atoms with Gasteiger partial charge in [0.05, 0.1) is 6.54 Å². The van der Waals surface area contributed by atoms with Crippen LogP contribution in [0.4, 0.5) is 0 Å². The molecule has 1 aliphatic heterocycles. The van der Waals surface area contributed by atoms with E-state index in [9.17, 15) is 4.79 Å². The van der Waals surface area contributed by atoms with Gasteiger partial charge in [0.2, 0.25) is 5.91 Å². The fraction of sp³-hybridized carbons (Fsp3) is 0.588. The number of nitrogens with one attached hydrogen (secondary N) is 3. The molecule has 3 atom stereocenters. The standard InChI is InChI=1S/C17H26N4O2/c1-12-5-3-4-6-16(12)23-10-9-21(2)17(22)13-7-8-14-15(11-13)19-20-18-14/h3-6,13-15,18-20H,7-11H2,1-2H3. The predicted octanol–water partition coefficient (Wildman–Crippen LogP) is 0.982. The summed E-state index contributed by atoms with van der Waals surface area (Å²) in [6.07, 6.45) is 2.85. The molecule has 1 amide bonds. The summed E-state index contributed by atoms with van der Waals surface area (Å²) in [5.74, 6) is 1.22. The number of benzene rings is 1. The highest BCUT2D eigenvalue weighted by molar-refractivity contribution is 5.78. The fourth-order valence-electron chi connectivity index (χ4n) is 3.39. The molecule has 1 aromatic carbocycles. The maximum Gasteiger partial charge on any atom is 0.225 e. The molecule has 2 aliphatic rings. The molecule has 3 unspecified atom stereocenters. The second-order valence-electron chi connectivity index (χ2n) is 6.51. The number of carbonyl (C=O) groups is 1. The van der Waals surface area contributed by atoms with Crippen molar-refractivity contribution in [2.45, 2.75) is 38.3 Å². The second kappa shape index (κ2) is 7.29. The van der Waals surface area contributed by atoms with Crippen molar-refractivity contribution in [3.8, 4) is 5.75 Å². The average Bonchev–Trinajstić information content (AvgIpc) is 3.03. The number of amides is 1. The minimum atomic E-state index is 0.105. The van der Waals surface area contributed by atoms with Crippen molar-refractivity contribution in [3.63, 3.8) is 0 Å². The molecule has 1 aliphatic carbocycles. The van der Waals surface area contributed by atoms with Crippen LogP contribution in [0.2, 0.25) is 0 Å². The van der Waals surface area contributed by atoms with E-state index in [1.54, 1.807) is 4.90 Å². The molecular weight excluding hydrogens is 292 g/mol. The number of para-hydroxylation sites is 1. The maximum absolute atomic E-state index is 12.6. The molecule has 6 heteroatoms. The first kappa shape index (κ1) is 16.2. The van der Waals surface area contributed by atoms with Crippen LogP contribution in [0.15, 0.2) is 24.3 Å². The number of rotatable bonds is 5. The SMILES string of the molecule is Cc1ccccc1OCCN(C)C(=O)C1CCC2NNNC2C1. The van der Waals surface area contributed by atoms with Crippen molar-refractivity contribution >= 4 is 5.91 Å². The smallest absolute Gasteiger partial charge is 0.225 e. The Balaban J connectivity index is 1.45. The Morgan fingerprint density at radius 1 is 1.26 bits per heavy atom. The highest BCUT2D eigenvalue weighted by Gasteiger charge is 2.37. The largest absolute Gasteiger partial charge is 0.491 e. The first-order valence-electron chi connectivity index (χ1n) is 8.34. The van der Waals surface area contributed by atoms with Crippen molar-refractivity contribution in [1.29, 1.82) is 0 Å². The monoisotopic (exact) mass is 318 g/mol. The Morgan fingerprint density at radius 3 is 2.87 bits per heavy atom. The molecule has 0 spiro atoms. The molecule has 0 radical (unpaired) electrons. The Labute approximate surface area is 137 Å². The Hall–Kier alpha value is -1.63. The number of nitrogens with zero attached hydrogens (tertiary/aromatic N) is 1. The van der Waals surface area contributed by atoms with E-state index in [0.29, 0.717) is 25.2 Å². The number of hydrogen-bond donors (Lipinski definition) is 3. The van der Waals surface area contributed by atoms with Gasteiger partial charge < -0.3 is 9.64 Å². The minimum absolute atomic E-state index is 0.105. The summed E-state index contributed by atoms with van der Waals surface area (Å²) in [7, 11) is 1.87. The van der Waals surface area contributed by atoms with Crippen molar-refractivity contribution in [3.05, 3.63) is 29.8 Å². The lowest BCUT2D eigenvalue weighted by atomic mass is 9.82. The van der Waals surface area contributed by atoms with Crippen molar-refractivity contribution in [1.82, 2.24) is 21.3 Å². The second-order valence-corrected chi connectivity index (χ2v) is 6.51. The van der Waals surface area contributed by atoms with Crippen LogP contribution in [0.1, 0.15) is 24.8 Å². The van der Waals surface area contributed by atoms with Gasteiger partial charge in [-0.2, -0.15) is 5.53 Å². The zero-order valence-corrected chi connectivity index (χ0v) is 13.8. The van der Waals surface area contributed by atoms with E-state index in [4.69, 9.17) is 4.74 Å². The molecule has 1 heterocycles. The third-order valence-corrected chi connectivity index (χ3v) is 4.87. The van der Waals surface area contributed by atoms with E-state index >= 15 is 0 Å². The predicted molar refractivity (Wildman–Crippen MR) is 88.6 cm³/mol. The minimum Gasteiger partial charge on any atom is -0.491 e. The number of hydrogen-bond acceptors (Lipinski definition) is 5. The molecule has 2 fully saturated rings. The zero-order valence-electron chi connectivity index (χ0n) is 13.8. The summed E-state index contributed by atoms with van der Waals surface area (Å²) in [6, 6.07) is 8.73. The van der Waals surface area contributed by atoms with Crippen LogP contribution in [0, 0.1) is 12.8 Å². The molecule has 3 N–H and O–H groups in total. The van der Waals surface area contributed by atoms with Crippen LogP contribution in [-0.4, -0.2) is 43.1 Å². The summed E-state index contributed by atoms with van der Waals surface area (Å²) in [6.45, 7) is 3.16. The Kier molecular flexibility index (Phi) is 5.15. The van der Waals surface area contributed by atoms with Crippen molar-refractivity contribution in [2.24, 2.45) is 5.92 Å². The number of carbonyl (C=O) groups excluding carboxylic acids is 1. The van der Waals surface area contributed by atoms with E-state index < -0.39 is 0 Å². The lowest BCUT2D eigenvalue weighted by molar-refractivity contribution is -0.135. The Bertz CT molecular complexity index is 551. The third-order valence-electron chi connectivity index (χ3n) is 4.87. The summed E-state index contributed by atoms with van der Waals surface area (Å²) >= 11 is 0. The molecule has 1 aromatic rings. The first-order chi connectivity index (χ1) is 11.1. The van der Waals surface area contributed by atoms with E-state index in [-0.39, 0.29) is 11.8 Å². The molecule has 6 nitrogen and oxygen atoms in total. The molecular formula is C17H26N4O2. The van der Waals surface area contributed by atoms with Gasteiger partial charge in [-0.1, -0.05) is 18.2 Å². The van der Waals surface area contributed by atoms with Crippen LogP contribution in [0.5, 0.6) is 5.75 Å². The number of ether oxygens (including phenoxy) is 1. The van der Waals surface area contributed by atoms with Gasteiger partial charge in [0.15, 0.2) is 0 Å². The lowest BCUT2D eigenvalue weighted by Crippen LogP contribution is -2.45. The molecule has 0 bridgehead atoms. The molecule has 1 saturated heterocycles. The van der Waals surface area contributed by atoms with E-state index in [2.05, 4.69) is 16.4 Å². The lowest BCUT2D eigenvalue weighted by Gasteiger charge is -2.32. The normalized spacial score (nSPS) is 26.6. The summed E-state index contributed by atoms with van der Waals surface area (Å²) < 4.78 is 5.79.